The van der Waals surface area contributed by atoms with E-state index in [1.54, 1.807) is 11.0 Å². The molecular formula is C20H26N4O4. The van der Waals surface area contributed by atoms with Gasteiger partial charge in [0.25, 0.3) is 5.91 Å². The van der Waals surface area contributed by atoms with E-state index in [1.165, 1.54) is 0 Å². The molecule has 4 rings (SSSR count). The summed E-state index contributed by atoms with van der Waals surface area (Å²) in [5.74, 6) is -0.835. The highest BCUT2D eigenvalue weighted by atomic mass is 16.3. The maximum atomic E-state index is 12.9. The Morgan fingerprint density at radius 1 is 1.25 bits per heavy atom. The Bertz CT molecular complexity index is 811. The molecule has 0 aromatic heterocycles. The molecule has 3 aliphatic heterocycles. The zero-order chi connectivity index (χ0) is 19.8. The second kappa shape index (κ2) is 7.62. The number of imide groups is 1. The van der Waals surface area contributed by atoms with Crippen LogP contribution in [0.3, 0.4) is 0 Å². The zero-order valence-electron chi connectivity index (χ0n) is 16.0. The highest BCUT2D eigenvalue weighted by molar-refractivity contribution is 6.05. The van der Waals surface area contributed by atoms with Gasteiger partial charge >= 0.3 is 0 Å². The van der Waals surface area contributed by atoms with Gasteiger partial charge in [0.1, 0.15) is 6.04 Å². The van der Waals surface area contributed by atoms with Crippen molar-refractivity contribution >= 4 is 17.7 Å². The van der Waals surface area contributed by atoms with Gasteiger partial charge in [0.05, 0.1) is 6.10 Å². The molecular weight excluding hydrogens is 360 g/mol. The fourth-order valence-electron chi connectivity index (χ4n) is 4.53. The van der Waals surface area contributed by atoms with Gasteiger partial charge in [-0.3, -0.25) is 24.6 Å². The number of rotatable bonds is 4. The molecule has 0 saturated carbocycles. The third-order valence-electron chi connectivity index (χ3n) is 6.08. The van der Waals surface area contributed by atoms with Crippen molar-refractivity contribution in [3.05, 3.63) is 34.9 Å². The molecule has 2 saturated heterocycles. The number of fused-ring (bicyclic) bond motifs is 1. The number of carbonyl (C=O) groups is 3. The monoisotopic (exact) mass is 386 g/mol. The second-order valence-corrected chi connectivity index (χ2v) is 7.89. The summed E-state index contributed by atoms with van der Waals surface area (Å²) in [6.45, 7) is 2.46. The molecule has 2 fully saturated rings. The lowest BCUT2D eigenvalue weighted by molar-refractivity contribution is -0.136. The van der Waals surface area contributed by atoms with Gasteiger partial charge < -0.3 is 15.3 Å². The van der Waals surface area contributed by atoms with Gasteiger partial charge in [0.2, 0.25) is 11.8 Å². The number of amides is 3. The molecule has 1 aromatic rings. The van der Waals surface area contributed by atoms with Crippen LogP contribution in [0, 0.1) is 0 Å². The average molecular weight is 386 g/mol. The number of carbonyl (C=O) groups excluding carboxylic acids is 3. The van der Waals surface area contributed by atoms with Crippen molar-refractivity contribution in [2.75, 3.05) is 20.1 Å². The van der Waals surface area contributed by atoms with Crippen LogP contribution in [0.2, 0.25) is 0 Å². The van der Waals surface area contributed by atoms with Crippen molar-refractivity contribution in [1.82, 2.24) is 20.4 Å². The van der Waals surface area contributed by atoms with Crippen LogP contribution < -0.4 is 10.6 Å². The number of likely N-dealkylation sites (N-methyl/N-ethyl adjacent to an activating group) is 1. The third-order valence-corrected chi connectivity index (χ3v) is 6.08. The summed E-state index contributed by atoms with van der Waals surface area (Å²) >= 11 is 0. The van der Waals surface area contributed by atoms with E-state index in [0.29, 0.717) is 31.6 Å². The summed E-state index contributed by atoms with van der Waals surface area (Å²) in [5.41, 5.74) is 2.60. The molecule has 3 unspecified atom stereocenters. The number of β-amino-alcohol motifs (C(OH)–C–C–N with tert-alkyl or cyclic N) is 1. The van der Waals surface area contributed by atoms with Gasteiger partial charge in [-0.2, -0.15) is 0 Å². The van der Waals surface area contributed by atoms with Crippen molar-refractivity contribution in [3.63, 3.8) is 0 Å². The Hall–Kier alpha value is -2.29. The number of nitrogens with zero attached hydrogens (tertiary/aromatic N) is 2. The minimum Gasteiger partial charge on any atom is -0.390 e. The summed E-state index contributed by atoms with van der Waals surface area (Å²) in [5, 5.41) is 15.8. The number of hydrogen-bond donors (Lipinski definition) is 3. The van der Waals surface area contributed by atoms with Crippen LogP contribution >= 0.6 is 0 Å². The van der Waals surface area contributed by atoms with Crippen LogP contribution in [-0.4, -0.2) is 71.0 Å². The fraction of sp³-hybridized carbons (Fsp3) is 0.550. The topological polar surface area (TPSA) is 102 Å². The molecule has 28 heavy (non-hydrogen) atoms. The second-order valence-electron chi connectivity index (χ2n) is 7.89. The molecule has 3 aliphatic rings. The Kier molecular flexibility index (Phi) is 5.18. The molecule has 0 bridgehead atoms. The molecule has 3 amide bonds. The number of piperidine rings is 2. The van der Waals surface area contributed by atoms with E-state index in [2.05, 4.69) is 15.5 Å². The molecule has 3 heterocycles. The highest BCUT2D eigenvalue weighted by Gasteiger charge is 2.40. The van der Waals surface area contributed by atoms with E-state index in [-0.39, 0.29) is 24.3 Å². The van der Waals surface area contributed by atoms with E-state index in [0.717, 1.165) is 24.1 Å². The molecule has 1 aromatic carbocycles. The van der Waals surface area contributed by atoms with E-state index in [9.17, 15) is 19.5 Å². The van der Waals surface area contributed by atoms with Crippen molar-refractivity contribution in [3.8, 4) is 0 Å². The first-order chi connectivity index (χ1) is 13.5. The molecule has 3 N–H and O–H groups in total. The van der Waals surface area contributed by atoms with Gasteiger partial charge in [0, 0.05) is 37.7 Å². The smallest absolute Gasteiger partial charge is 0.255 e. The first-order valence-corrected chi connectivity index (χ1v) is 9.80. The van der Waals surface area contributed by atoms with Gasteiger partial charge in [-0.1, -0.05) is 12.1 Å². The fourth-order valence-corrected chi connectivity index (χ4v) is 4.53. The normalized spacial score (nSPS) is 27.9. The first kappa shape index (κ1) is 19.0. The quantitative estimate of drug-likeness (QED) is 0.609. The van der Waals surface area contributed by atoms with Crippen molar-refractivity contribution < 1.29 is 19.5 Å². The van der Waals surface area contributed by atoms with Crippen molar-refractivity contribution in [1.29, 1.82) is 0 Å². The average Bonchev–Trinajstić information content (AvgIpc) is 3.00. The lowest BCUT2D eigenvalue weighted by atomic mass is 9.99. The Labute approximate surface area is 163 Å². The molecule has 0 aliphatic carbocycles. The maximum absolute atomic E-state index is 12.9. The lowest BCUT2D eigenvalue weighted by Gasteiger charge is -2.36. The highest BCUT2D eigenvalue weighted by Crippen LogP contribution is 2.30. The molecule has 8 nitrogen and oxygen atoms in total. The Balaban J connectivity index is 1.53. The number of aliphatic hydroxyl groups is 1. The van der Waals surface area contributed by atoms with Crippen LogP contribution in [0.15, 0.2) is 18.2 Å². The van der Waals surface area contributed by atoms with Crippen LogP contribution in [0.4, 0.5) is 0 Å². The number of nitrogens with one attached hydrogen (secondary N) is 2. The SMILES string of the molecule is CN(Cc1cccc2c1CN(C1CCC(=O)NC1=O)C2=O)C1CCNCC1O. The summed E-state index contributed by atoms with van der Waals surface area (Å²) in [6, 6.07) is 5.14. The van der Waals surface area contributed by atoms with Crippen molar-refractivity contribution in [2.45, 2.75) is 50.5 Å². The van der Waals surface area contributed by atoms with Gasteiger partial charge in [-0.25, -0.2) is 0 Å². The standard InChI is InChI=1S/C20H26N4O4/c1-23(15-7-8-21-9-17(15)25)10-12-3-2-4-13-14(12)11-24(20(13)28)16-5-6-18(26)22-19(16)27/h2-4,15-17,21,25H,5-11H2,1H3,(H,22,26,27). The summed E-state index contributed by atoms with van der Waals surface area (Å²) in [6.07, 6.45) is 1.06. The number of aliphatic hydroxyl groups excluding tert-OH is 1. The largest absolute Gasteiger partial charge is 0.390 e. The molecule has 0 spiro atoms. The van der Waals surface area contributed by atoms with Crippen molar-refractivity contribution in [2.24, 2.45) is 0 Å². The maximum Gasteiger partial charge on any atom is 0.255 e. The van der Waals surface area contributed by atoms with Gasteiger partial charge in [0.15, 0.2) is 0 Å². The summed E-state index contributed by atoms with van der Waals surface area (Å²) in [7, 11) is 1.99. The van der Waals surface area contributed by atoms with Gasteiger partial charge in [-0.05, 0) is 43.6 Å². The molecule has 0 radical (unpaired) electrons. The predicted octanol–water partition coefficient (Wildman–Crippen LogP) is -0.398. The summed E-state index contributed by atoms with van der Waals surface area (Å²) in [4.78, 5) is 40.3. The van der Waals surface area contributed by atoms with Crippen LogP contribution in [0.5, 0.6) is 0 Å². The molecule has 3 atom stereocenters. The van der Waals surface area contributed by atoms with E-state index >= 15 is 0 Å². The zero-order valence-corrected chi connectivity index (χ0v) is 16.0. The number of benzene rings is 1. The van der Waals surface area contributed by atoms with E-state index in [1.807, 2.05) is 19.2 Å². The molecule has 150 valence electrons. The predicted molar refractivity (Wildman–Crippen MR) is 101 cm³/mol. The van der Waals surface area contributed by atoms with E-state index in [4.69, 9.17) is 0 Å². The minimum absolute atomic E-state index is 0.0699. The lowest BCUT2D eigenvalue weighted by Crippen LogP contribution is -2.52. The van der Waals surface area contributed by atoms with Crippen LogP contribution in [0.25, 0.3) is 0 Å². The van der Waals surface area contributed by atoms with E-state index < -0.39 is 18.1 Å². The van der Waals surface area contributed by atoms with Crippen LogP contribution in [-0.2, 0) is 22.7 Å². The Morgan fingerprint density at radius 3 is 2.82 bits per heavy atom. The first-order valence-electron chi connectivity index (χ1n) is 9.80. The Morgan fingerprint density at radius 2 is 2.07 bits per heavy atom. The van der Waals surface area contributed by atoms with Gasteiger partial charge in [-0.15, -0.1) is 0 Å². The summed E-state index contributed by atoms with van der Waals surface area (Å²) < 4.78 is 0. The molecule has 8 heteroatoms. The third kappa shape index (κ3) is 3.43. The number of hydrogen-bond acceptors (Lipinski definition) is 6. The van der Waals surface area contributed by atoms with Crippen LogP contribution in [0.1, 0.15) is 40.7 Å². The minimum atomic E-state index is -0.602.